The number of hydrogen-bond donors (Lipinski definition) is 2. The number of aryl methyl sites for hydroxylation is 1. The van der Waals surface area contributed by atoms with E-state index in [9.17, 15) is 14.4 Å². The van der Waals surface area contributed by atoms with Crippen LogP contribution in [0, 0.1) is 0 Å². The summed E-state index contributed by atoms with van der Waals surface area (Å²) in [5, 5.41) is 6.25. The summed E-state index contributed by atoms with van der Waals surface area (Å²) in [5.41, 5.74) is 0.422. The number of aromatic nitrogens is 4. The van der Waals surface area contributed by atoms with Crippen LogP contribution in [0.5, 0.6) is 0 Å². The van der Waals surface area contributed by atoms with Crippen LogP contribution in [-0.4, -0.2) is 62.6 Å². The summed E-state index contributed by atoms with van der Waals surface area (Å²) >= 11 is 0. The largest absolute Gasteiger partial charge is 0.444 e. The molecule has 0 bridgehead atoms. The lowest BCUT2D eigenvalue weighted by molar-refractivity contribution is 0.0506. The van der Waals surface area contributed by atoms with Crippen LogP contribution >= 0.6 is 0 Å². The van der Waals surface area contributed by atoms with E-state index in [-0.39, 0.29) is 11.6 Å². The molecule has 2 aromatic heterocycles. The number of carbonyl (C=O) groups excluding carboxylic acids is 1. The quantitative estimate of drug-likeness (QED) is 0.644. The predicted octanol–water partition coefficient (Wildman–Crippen LogP) is 0.703. The molecule has 182 valence electrons. The van der Waals surface area contributed by atoms with Gasteiger partial charge in [0.05, 0.1) is 6.04 Å². The van der Waals surface area contributed by atoms with E-state index in [1.54, 1.807) is 7.05 Å². The molecule has 1 fully saturated rings. The zero-order valence-electron chi connectivity index (χ0n) is 20.6. The number of alkyl carbamates (subject to hydrolysis) is 1. The van der Waals surface area contributed by atoms with Gasteiger partial charge in [0.15, 0.2) is 11.2 Å². The Morgan fingerprint density at radius 2 is 1.94 bits per heavy atom. The summed E-state index contributed by atoms with van der Waals surface area (Å²) in [6, 6.07) is -0.231. The van der Waals surface area contributed by atoms with Gasteiger partial charge in [-0.1, -0.05) is 11.6 Å². The number of amides is 1. The number of anilines is 1. The summed E-state index contributed by atoms with van der Waals surface area (Å²) < 4.78 is 9.75. The van der Waals surface area contributed by atoms with Crippen LogP contribution in [0.3, 0.4) is 0 Å². The Labute approximate surface area is 193 Å². The van der Waals surface area contributed by atoms with Crippen molar-refractivity contribution in [2.24, 2.45) is 14.1 Å². The summed E-state index contributed by atoms with van der Waals surface area (Å²) in [4.78, 5) is 44.6. The molecule has 1 aliphatic heterocycles. The van der Waals surface area contributed by atoms with Crippen molar-refractivity contribution >= 4 is 23.2 Å². The zero-order valence-corrected chi connectivity index (χ0v) is 20.6. The molecule has 0 aliphatic carbocycles. The van der Waals surface area contributed by atoms with Gasteiger partial charge in [0, 0.05) is 46.8 Å². The van der Waals surface area contributed by atoms with Gasteiger partial charge in [-0.05, 0) is 34.6 Å². The molecule has 0 saturated carbocycles. The third kappa shape index (κ3) is 5.47. The minimum absolute atomic E-state index is 0.231. The Balaban J connectivity index is 2.04. The first-order valence-corrected chi connectivity index (χ1v) is 11.1. The van der Waals surface area contributed by atoms with E-state index in [2.05, 4.69) is 10.6 Å². The molecule has 33 heavy (non-hydrogen) atoms. The molecule has 11 heteroatoms. The van der Waals surface area contributed by atoms with Crippen molar-refractivity contribution in [1.29, 1.82) is 0 Å². The monoisotopic (exact) mass is 461 g/mol. The third-order valence-electron chi connectivity index (χ3n) is 5.40. The normalized spacial score (nSPS) is 17.1. The highest BCUT2D eigenvalue weighted by molar-refractivity contribution is 5.75. The number of carbonyl (C=O) groups is 1. The van der Waals surface area contributed by atoms with Crippen molar-refractivity contribution in [2.75, 3.05) is 31.1 Å². The van der Waals surface area contributed by atoms with Crippen molar-refractivity contribution in [1.82, 2.24) is 29.3 Å². The number of hydrogen-bond acceptors (Lipinski definition) is 7. The fraction of sp³-hybridized carbons (Fsp3) is 0.636. The maximum Gasteiger partial charge on any atom is 0.407 e. The lowest BCUT2D eigenvalue weighted by atomic mass is 10.2. The molecule has 11 nitrogen and oxygen atoms in total. The first-order valence-electron chi connectivity index (χ1n) is 11.1. The van der Waals surface area contributed by atoms with Gasteiger partial charge in [0.2, 0.25) is 5.95 Å². The van der Waals surface area contributed by atoms with E-state index in [1.165, 1.54) is 11.6 Å². The Morgan fingerprint density at radius 1 is 1.24 bits per heavy atom. The Bertz CT molecular complexity index is 1180. The van der Waals surface area contributed by atoms with E-state index in [0.717, 1.165) is 10.1 Å². The maximum atomic E-state index is 13.0. The van der Waals surface area contributed by atoms with Crippen molar-refractivity contribution in [3.05, 3.63) is 32.5 Å². The SMILES string of the molecule is CC(C)=CCn1c(N2CCNCC(NC(=O)OC(C)(C)C)C2)nc2c1c(=O)n(C)c(=O)n2C. The number of imidazole rings is 1. The van der Waals surface area contributed by atoms with Gasteiger partial charge < -0.3 is 24.8 Å². The van der Waals surface area contributed by atoms with Crippen LogP contribution in [0.1, 0.15) is 34.6 Å². The molecule has 1 saturated heterocycles. The van der Waals surface area contributed by atoms with E-state index in [4.69, 9.17) is 9.72 Å². The van der Waals surface area contributed by atoms with Crippen LogP contribution in [0.15, 0.2) is 21.2 Å². The Morgan fingerprint density at radius 3 is 2.58 bits per heavy atom. The van der Waals surface area contributed by atoms with E-state index in [1.807, 2.05) is 50.2 Å². The first kappa shape index (κ1) is 24.6. The number of fused-ring (bicyclic) bond motifs is 1. The molecule has 0 radical (unpaired) electrons. The van der Waals surface area contributed by atoms with E-state index >= 15 is 0 Å². The van der Waals surface area contributed by atoms with Crippen molar-refractivity contribution in [3.63, 3.8) is 0 Å². The highest BCUT2D eigenvalue weighted by Crippen LogP contribution is 2.21. The fourth-order valence-corrected chi connectivity index (χ4v) is 3.79. The fourth-order valence-electron chi connectivity index (χ4n) is 3.79. The van der Waals surface area contributed by atoms with Crippen LogP contribution in [0.2, 0.25) is 0 Å². The number of ether oxygens (including phenoxy) is 1. The molecule has 3 rings (SSSR count). The second kappa shape index (κ2) is 9.42. The lowest BCUT2D eigenvalue weighted by Crippen LogP contribution is -2.48. The number of nitrogens with one attached hydrogen (secondary N) is 2. The third-order valence-corrected chi connectivity index (χ3v) is 5.40. The van der Waals surface area contributed by atoms with Gasteiger partial charge in [0.1, 0.15) is 5.60 Å². The van der Waals surface area contributed by atoms with Gasteiger partial charge in [0.25, 0.3) is 5.56 Å². The summed E-state index contributed by atoms with van der Waals surface area (Å²) in [6.07, 6.45) is 1.53. The lowest BCUT2D eigenvalue weighted by Gasteiger charge is -2.27. The first-order chi connectivity index (χ1) is 15.4. The number of rotatable bonds is 4. The molecule has 2 aromatic rings. The topological polar surface area (TPSA) is 115 Å². The highest BCUT2D eigenvalue weighted by Gasteiger charge is 2.27. The van der Waals surface area contributed by atoms with Gasteiger partial charge in [-0.15, -0.1) is 0 Å². The molecule has 1 aliphatic rings. The van der Waals surface area contributed by atoms with Gasteiger partial charge >= 0.3 is 11.8 Å². The molecule has 2 N–H and O–H groups in total. The maximum absolute atomic E-state index is 13.0. The van der Waals surface area contributed by atoms with Crippen LogP contribution in [0.25, 0.3) is 11.2 Å². The highest BCUT2D eigenvalue weighted by atomic mass is 16.6. The van der Waals surface area contributed by atoms with Crippen LogP contribution < -0.4 is 26.8 Å². The minimum atomic E-state index is -0.592. The summed E-state index contributed by atoms with van der Waals surface area (Å²) in [7, 11) is 3.08. The van der Waals surface area contributed by atoms with E-state index < -0.39 is 17.4 Å². The van der Waals surface area contributed by atoms with Crippen LogP contribution in [-0.2, 0) is 25.4 Å². The van der Waals surface area contributed by atoms with Crippen LogP contribution in [0.4, 0.5) is 10.7 Å². The number of nitrogens with zero attached hydrogens (tertiary/aromatic N) is 5. The molecule has 1 atom stereocenters. The number of allylic oxidation sites excluding steroid dienone is 2. The molecular weight excluding hydrogens is 426 g/mol. The molecular formula is C22H35N7O4. The minimum Gasteiger partial charge on any atom is -0.444 e. The average Bonchev–Trinajstić information content (AvgIpc) is 2.94. The molecule has 1 unspecified atom stereocenters. The van der Waals surface area contributed by atoms with Crippen molar-refractivity contribution < 1.29 is 9.53 Å². The van der Waals surface area contributed by atoms with Crippen molar-refractivity contribution in [3.8, 4) is 0 Å². The molecule has 1 amide bonds. The molecule has 0 aromatic carbocycles. The Kier molecular flexibility index (Phi) is 7.01. The zero-order chi connectivity index (χ0) is 24.5. The second-order valence-corrected chi connectivity index (χ2v) is 9.68. The predicted molar refractivity (Wildman–Crippen MR) is 128 cm³/mol. The summed E-state index contributed by atoms with van der Waals surface area (Å²) in [6.45, 7) is 12.2. The van der Waals surface area contributed by atoms with Gasteiger partial charge in [-0.25, -0.2) is 9.59 Å². The average molecular weight is 462 g/mol. The Hall–Kier alpha value is -3.08. The van der Waals surface area contributed by atoms with E-state index in [0.29, 0.717) is 49.8 Å². The smallest absolute Gasteiger partial charge is 0.407 e. The standard InChI is InChI=1S/C22H35N7O4/c1-14(2)8-10-29-16-17(26(6)21(32)27(7)18(16)30)25-19(29)28-11-9-23-12-15(13-28)24-20(31)33-22(3,4)5/h8,15,23H,9-13H2,1-7H3,(H,24,31). The van der Waals surface area contributed by atoms with Crippen molar-refractivity contribution in [2.45, 2.75) is 52.8 Å². The second-order valence-electron chi connectivity index (χ2n) is 9.68. The van der Waals surface area contributed by atoms with Gasteiger partial charge in [-0.3, -0.25) is 13.9 Å². The molecule has 3 heterocycles. The molecule has 0 spiro atoms. The summed E-state index contributed by atoms with van der Waals surface area (Å²) in [5.74, 6) is 0.584. The van der Waals surface area contributed by atoms with Gasteiger partial charge in [-0.2, -0.15) is 4.98 Å².